The Morgan fingerprint density at radius 1 is 1.67 bits per heavy atom. The van der Waals surface area contributed by atoms with Gasteiger partial charge in [-0.15, -0.1) is 0 Å². The average molecular weight is 121 g/mol. The molecule has 0 bridgehead atoms. The molecule has 1 unspecified atom stereocenters. The summed E-state index contributed by atoms with van der Waals surface area (Å²) in [6.45, 7) is 2.02. The summed E-state index contributed by atoms with van der Waals surface area (Å²) in [6.07, 6.45) is 11.2. The summed E-state index contributed by atoms with van der Waals surface area (Å²) < 4.78 is 0. The minimum atomic E-state index is 0.403. The van der Waals surface area contributed by atoms with Gasteiger partial charge in [0.25, 0.3) is 0 Å². The van der Waals surface area contributed by atoms with Crippen molar-refractivity contribution in [1.29, 1.82) is 0 Å². The molecule has 0 aromatic heterocycles. The van der Waals surface area contributed by atoms with E-state index in [9.17, 15) is 0 Å². The summed E-state index contributed by atoms with van der Waals surface area (Å²) in [6, 6.07) is 0.403. The van der Waals surface area contributed by atoms with Gasteiger partial charge in [0.2, 0.25) is 0 Å². The van der Waals surface area contributed by atoms with E-state index < -0.39 is 0 Å². The molecule has 0 saturated heterocycles. The van der Waals surface area contributed by atoms with Gasteiger partial charge in [0.05, 0.1) is 6.04 Å². The Hall–Kier alpha value is -0.850. The molecule has 1 rings (SSSR count). The quantitative estimate of drug-likeness (QED) is 0.470. The third kappa shape index (κ3) is 1.84. The van der Waals surface area contributed by atoms with Crippen molar-refractivity contribution in [3.05, 3.63) is 24.3 Å². The van der Waals surface area contributed by atoms with Crippen molar-refractivity contribution in [3.8, 4) is 0 Å². The first-order valence-corrected chi connectivity index (χ1v) is 3.24. The summed E-state index contributed by atoms with van der Waals surface area (Å²) in [4.78, 5) is 4.22. The Morgan fingerprint density at radius 3 is 3.11 bits per heavy atom. The van der Waals surface area contributed by atoms with Crippen LogP contribution in [0.15, 0.2) is 29.3 Å². The van der Waals surface area contributed by atoms with Crippen LogP contribution in [0.1, 0.15) is 13.3 Å². The fourth-order valence-corrected chi connectivity index (χ4v) is 0.850. The largest absolute Gasteiger partial charge is 0.285 e. The lowest BCUT2D eigenvalue weighted by Gasteiger charge is -2.04. The maximum Gasteiger partial charge on any atom is 0.0714 e. The molecule has 0 amide bonds. The molecule has 1 aliphatic heterocycles. The van der Waals surface area contributed by atoms with E-state index in [0.717, 1.165) is 6.42 Å². The van der Waals surface area contributed by atoms with Gasteiger partial charge in [-0.05, 0) is 19.4 Å². The number of aliphatic imine (C=N–C) groups is 1. The van der Waals surface area contributed by atoms with E-state index in [2.05, 4.69) is 17.1 Å². The Bertz CT molecular complexity index is 154. The second-order valence-electron chi connectivity index (χ2n) is 2.06. The van der Waals surface area contributed by atoms with Crippen molar-refractivity contribution in [2.75, 3.05) is 0 Å². The molecule has 1 heterocycles. The van der Waals surface area contributed by atoms with E-state index in [4.69, 9.17) is 0 Å². The highest BCUT2D eigenvalue weighted by Crippen LogP contribution is 2.03. The van der Waals surface area contributed by atoms with E-state index >= 15 is 0 Å². The highest BCUT2D eigenvalue weighted by molar-refractivity contribution is 5.72. The molecule has 1 heteroatoms. The van der Waals surface area contributed by atoms with Crippen LogP contribution in [0.5, 0.6) is 0 Å². The van der Waals surface area contributed by atoms with E-state index in [0.29, 0.717) is 6.04 Å². The van der Waals surface area contributed by atoms with Crippen molar-refractivity contribution in [2.45, 2.75) is 19.4 Å². The Morgan fingerprint density at radius 2 is 2.56 bits per heavy atom. The van der Waals surface area contributed by atoms with Gasteiger partial charge in [-0.3, -0.25) is 4.99 Å². The number of hydrogen-bond acceptors (Lipinski definition) is 1. The highest BCUT2D eigenvalue weighted by atomic mass is 14.8. The molecular formula is C8H11N. The minimum absolute atomic E-state index is 0.403. The molecule has 1 nitrogen and oxygen atoms in total. The molecule has 0 aromatic carbocycles. The number of allylic oxidation sites excluding steroid dienone is 2. The van der Waals surface area contributed by atoms with Gasteiger partial charge in [-0.2, -0.15) is 0 Å². The summed E-state index contributed by atoms with van der Waals surface area (Å²) in [5.74, 6) is 0. The lowest BCUT2D eigenvalue weighted by atomic mass is 10.1. The second kappa shape index (κ2) is 3.23. The zero-order chi connectivity index (χ0) is 6.53. The molecule has 1 atom stereocenters. The SMILES string of the molecule is CC=CC1CC=CC=N1. The Labute approximate surface area is 55.8 Å². The summed E-state index contributed by atoms with van der Waals surface area (Å²) >= 11 is 0. The zero-order valence-electron chi connectivity index (χ0n) is 5.62. The third-order valence-corrected chi connectivity index (χ3v) is 1.29. The molecule has 0 spiro atoms. The van der Waals surface area contributed by atoms with Crippen molar-refractivity contribution < 1.29 is 0 Å². The summed E-state index contributed by atoms with van der Waals surface area (Å²) in [7, 11) is 0. The van der Waals surface area contributed by atoms with Crippen LogP contribution in [0.4, 0.5) is 0 Å². The van der Waals surface area contributed by atoms with Crippen molar-refractivity contribution in [3.63, 3.8) is 0 Å². The number of hydrogen-bond donors (Lipinski definition) is 0. The van der Waals surface area contributed by atoms with Gasteiger partial charge in [-0.1, -0.05) is 18.2 Å². The molecule has 0 saturated carbocycles. The first-order valence-electron chi connectivity index (χ1n) is 3.24. The fourth-order valence-electron chi connectivity index (χ4n) is 0.850. The number of nitrogens with zero attached hydrogens (tertiary/aromatic N) is 1. The zero-order valence-corrected chi connectivity index (χ0v) is 5.62. The molecule has 0 aromatic rings. The normalized spacial score (nSPS) is 25.7. The van der Waals surface area contributed by atoms with Crippen LogP contribution >= 0.6 is 0 Å². The van der Waals surface area contributed by atoms with Crippen molar-refractivity contribution >= 4 is 6.21 Å². The fraction of sp³-hybridized carbons (Fsp3) is 0.375. The maximum absolute atomic E-state index is 4.22. The topological polar surface area (TPSA) is 12.4 Å². The van der Waals surface area contributed by atoms with Crippen molar-refractivity contribution in [2.24, 2.45) is 4.99 Å². The van der Waals surface area contributed by atoms with Crippen LogP contribution in [0.25, 0.3) is 0 Å². The van der Waals surface area contributed by atoms with Crippen LogP contribution in [-0.4, -0.2) is 12.3 Å². The first-order chi connectivity index (χ1) is 4.43. The third-order valence-electron chi connectivity index (χ3n) is 1.29. The van der Waals surface area contributed by atoms with E-state index in [1.54, 1.807) is 0 Å². The standard InChI is InChI=1S/C8H11N/c1-2-5-8-6-3-4-7-9-8/h2-5,7-8H,6H2,1H3. The van der Waals surface area contributed by atoms with Crippen LogP contribution < -0.4 is 0 Å². The van der Waals surface area contributed by atoms with Gasteiger partial charge in [0.1, 0.15) is 0 Å². The molecule has 0 radical (unpaired) electrons. The van der Waals surface area contributed by atoms with Gasteiger partial charge >= 0.3 is 0 Å². The predicted octanol–water partition coefficient (Wildman–Crippen LogP) is 1.96. The molecule has 0 fully saturated rings. The van der Waals surface area contributed by atoms with Crippen molar-refractivity contribution in [1.82, 2.24) is 0 Å². The lowest BCUT2D eigenvalue weighted by Crippen LogP contribution is -2.00. The molecule has 9 heavy (non-hydrogen) atoms. The van der Waals surface area contributed by atoms with Crippen LogP contribution in [0, 0.1) is 0 Å². The van der Waals surface area contributed by atoms with E-state index in [-0.39, 0.29) is 0 Å². The molecule has 1 aliphatic rings. The van der Waals surface area contributed by atoms with Gasteiger partial charge in [0.15, 0.2) is 0 Å². The van der Waals surface area contributed by atoms with Crippen LogP contribution in [-0.2, 0) is 0 Å². The Kier molecular flexibility index (Phi) is 2.25. The number of dihydropyridines is 1. The lowest BCUT2D eigenvalue weighted by molar-refractivity contribution is 0.831. The minimum Gasteiger partial charge on any atom is -0.285 e. The number of rotatable bonds is 1. The second-order valence-corrected chi connectivity index (χ2v) is 2.06. The van der Waals surface area contributed by atoms with Crippen LogP contribution in [0.3, 0.4) is 0 Å². The summed E-state index contributed by atoms with van der Waals surface area (Å²) in [5, 5.41) is 0. The molecular weight excluding hydrogens is 110 g/mol. The highest BCUT2D eigenvalue weighted by Gasteiger charge is 1.98. The average Bonchev–Trinajstić information content (AvgIpc) is 1.91. The molecule has 0 aliphatic carbocycles. The molecule has 0 N–H and O–H groups in total. The maximum atomic E-state index is 4.22. The first kappa shape index (κ1) is 6.27. The monoisotopic (exact) mass is 121 g/mol. The molecule has 48 valence electrons. The summed E-state index contributed by atoms with van der Waals surface area (Å²) in [5.41, 5.74) is 0. The Balaban J connectivity index is 2.46. The van der Waals surface area contributed by atoms with E-state index in [1.807, 2.05) is 25.3 Å². The van der Waals surface area contributed by atoms with Gasteiger partial charge < -0.3 is 0 Å². The predicted molar refractivity (Wildman–Crippen MR) is 40.9 cm³/mol. The van der Waals surface area contributed by atoms with Gasteiger partial charge in [-0.25, -0.2) is 0 Å². The van der Waals surface area contributed by atoms with Crippen LogP contribution in [0.2, 0.25) is 0 Å². The van der Waals surface area contributed by atoms with E-state index in [1.165, 1.54) is 0 Å². The van der Waals surface area contributed by atoms with Gasteiger partial charge in [0, 0.05) is 6.21 Å². The smallest absolute Gasteiger partial charge is 0.0714 e.